The zero-order valence-electron chi connectivity index (χ0n) is 9.27. The van der Waals surface area contributed by atoms with Crippen molar-refractivity contribution in [2.24, 2.45) is 35.5 Å². The smallest absolute Gasteiger partial charge is 0.101 e. The van der Waals surface area contributed by atoms with Gasteiger partial charge in [-0.2, -0.15) is 0 Å². The van der Waals surface area contributed by atoms with Crippen LogP contribution in [0.25, 0.3) is 0 Å². The van der Waals surface area contributed by atoms with Crippen LogP contribution in [0.1, 0.15) is 32.1 Å². The molecular weight excluding hydrogens is 184 g/mol. The second-order valence-corrected chi connectivity index (χ2v) is 6.22. The molecule has 1 heteroatoms. The van der Waals surface area contributed by atoms with E-state index >= 15 is 0 Å². The largest absolute Gasteiger partial charge is 0.498 e. The second kappa shape index (κ2) is 2.81. The molecule has 7 unspecified atom stereocenters. The van der Waals surface area contributed by atoms with E-state index in [-0.39, 0.29) is 0 Å². The average Bonchev–Trinajstić information content (AvgIpc) is 2.95. The van der Waals surface area contributed by atoms with Gasteiger partial charge in [0.1, 0.15) is 6.10 Å². The van der Waals surface area contributed by atoms with Gasteiger partial charge < -0.3 is 4.74 Å². The minimum absolute atomic E-state index is 0.535. The highest BCUT2D eigenvalue weighted by Gasteiger charge is 2.62. The normalized spacial score (nSPS) is 59.6. The molecule has 0 spiro atoms. The maximum atomic E-state index is 5.72. The van der Waals surface area contributed by atoms with Gasteiger partial charge in [-0.15, -0.1) is 0 Å². The van der Waals surface area contributed by atoms with Crippen molar-refractivity contribution in [1.29, 1.82) is 0 Å². The van der Waals surface area contributed by atoms with Gasteiger partial charge in [0.25, 0.3) is 0 Å². The van der Waals surface area contributed by atoms with Crippen molar-refractivity contribution < 1.29 is 4.74 Å². The number of hydrogen-bond donors (Lipinski definition) is 0. The van der Waals surface area contributed by atoms with Crippen molar-refractivity contribution in [1.82, 2.24) is 0 Å². The van der Waals surface area contributed by atoms with Gasteiger partial charge in [-0.1, -0.05) is 6.58 Å². The maximum Gasteiger partial charge on any atom is 0.101 e. The minimum Gasteiger partial charge on any atom is -0.498 e. The van der Waals surface area contributed by atoms with Gasteiger partial charge in [0.15, 0.2) is 0 Å². The molecule has 1 nitrogen and oxygen atoms in total. The fourth-order valence-electron chi connectivity index (χ4n) is 5.78. The third kappa shape index (κ3) is 0.951. The Labute approximate surface area is 91.9 Å². The Balaban J connectivity index is 1.63. The summed E-state index contributed by atoms with van der Waals surface area (Å²) in [7, 11) is 0. The van der Waals surface area contributed by atoms with E-state index in [0.29, 0.717) is 6.10 Å². The van der Waals surface area contributed by atoms with Gasteiger partial charge in [-0.05, 0) is 67.6 Å². The van der Waals surface area contributed by atoms with Crippen molar-refractivity contribution in [3.63, 3.8) is 0 Å². The SMILES string of the molecule is C=COC1CC2CC1C1C3CCC(C3)C21. The van der Waals surface area contributed by atoms with Crippen LogP contribution in [0.4, 0.5) is 0 Å². The van der Waals surface area contributed by atoms with Gasteiger partial charge in [0, 0.05) is 0 Å². The highest BCUT2D eigenvalue weighted by molar-refractivity contribution is 5.11. The average molecular weight is 204 g/mol. The zero-order valence-corrected chi connectivity index (χ0v) is 9.27. The van der Waals surface area contributed by atoms with E-state index in [4.69, 9.17) is 4.74 Å². The summed E-state index contributed by atoms with van der Waals surface area (Å²) in [5.41, 5.74) is 0. The Morgan fingerprint density at radius 3 is 2.53 bits per heavy atom. The lowest BCUT2D eigenvalue weighted by atomic mass is 9.70. The van der Waals surface area contributed by atoms with Crippen LogP contribution in [-0.2, 0) is 4.74 Å². The quantitative estimate of drug-likeness (QED) is 0.495. The Morgan fingerprint density at radius 1 is 0.933 bits per heavy atom. The first-order chi connectivity index (χ1) is 7.38. The summed E-state index contributed by atoms with van der Waals surface area (Å²) in [5, 5.41) is 0. The Bertz CT molecular complexity index is 298. The van der Waals surface area contributed by atoms with E-state index in [2.05, 4.69) is 6.58 Å². The molecule has 0 aromatic heterocycles. The third-order valence-electron chi connectivity index (χ3n) is 5.94. The molecule has 82 valence electrons. The first-order valence-corrected chi connectivity index (χ1v) is 6.65. The summed E-state index contributed by atoms with van der Waals surface area (Å²) in [6.45, 7) is 3.72. The Kier molecular flexibility index (Phi) is 1.62. The first kappa shape index (κ1) is 8.66. The third-order valence-corrected chi connectivity index (χ3v) is 5.94. The predicted octanol–water partition coefficient (Wildman–Crippen LogP) is 3.22. The number of fused-ring (bicyclic) bond motifs is 9. The topological polar surface area (TPSA) is 9.23 Å². The molecule has 4 bridgehead atoms. The summed E-state index contributed by atoms with van der Waals surface area (Å²) < 4.78 is 5.72. The van der Waals surface area contributed by atoms with Crippen molar-refractivity contribution in [3.8, 4) is 0 Å². The van der Waals surface area contributed by atoms with Crippen LogP contribution in [0, 0.1) is 35.5 Å². The lowest BCUT2D eigenvalue weighted by Crippen LogP contribution is -2.35. The molecule has 0 amide bonds. The monoisotopic (exact) mass is 204 g/mol. The van der Waals surface area contributed by atoms with Gasteiger partial charge in [-0.25, -0.2) is 0 Å². The van der Waals surface area contributed by atoms with Gasteiger partial charge >= 0.3 is 0 Å². The molecule has 0 radical (unpaired) electrons. The van der Waals surface area contributed by atoms with Crippen molar-refractivity contribution >= 4 is 0 Å². The molecule has 7 atom stereocenters. The summed E-state index contributed by atoms with van der Waals surface area (Å²) in [6.07, 6.45) is 9.64. The fraction of sp³-hybridized carbons (Fsp3) is 0.857. The van der Waals surface area contributed by atoms with Crippen molar-refractivity contribution in [2.45, 2.75) is 38.2 Å². The molecule has 4 fully saturated rings. The van der Waals surface area contributed by atoms with Gasteiger partial charge in [-0.3, -0.25) is 0 Å². The lowest BCUT2D eigenvalue weighted by molar-refractivity contribution is 0.0188. The van der Waals surface area contributed by atoms with Crippen LogP contribution in [-0.4, -0.2) is 6.10 Å². The fourth-order valence-corrected chi connectivity index (χ4v) is 5.78. The van der Waals surface area contributed by atoms with Crippen LogP contribution in [0.5, 0.6) is 0 Å². The summed E-state index contributed by atoms with van der Waals surface area (Å²) in [6, 6.07) is 0. The van der Waals surface area contributed by atoms with Crippen LogP contribution >= 0.6 is 0 Å². The lowest BCUT2D eigenvalue weighted by Gasteiger charge is -2.38. The van der Waals surface area contributed by atoms with Crippen LogP contribution in [0.2, 0.25) is 0 Å². The second-order valence-electron chi connectivity index (χ2n) is 6.22. The molecule has 4 aliphatic rings. The predicted molar refractivity (Wildman–Crippen MR) is 59.1 cm³/mol. The molecule has 15 heavy (non-hydrogen) atoms. The van der Waals surface area contributed by atoms with E-state index in [1.165, 1.54) is 19.3 Å². The molecule has 4 saturated carbocycles. The zero-order chi connectivity index (χ0) is 9.99. The molecule has 0 heterocycles. The first-order valence-electron chi connectivity index (χ1n) is 6.65. The van der Waals surface area contributed by atoms with Crippen LogP contribution in [0.15, 0.2) is 12.8 Å². The number of hydrogen-bond acceptors (Lipinski definition) is 1. The molecule has 4 aliphatic carbocycles. The Morgan fingerprint density at radius 2 is 1.73 bits per heavy atom. The van der Waals surface area contributed by atoms with Crippen molar-refractivity contribution in [2.75, 3.05) is 0 Å². The molecule has 0 N–H and O–H groups in total. The Hall–Kier alpha value is -0.460. The van der Waals surface area contributed by atoms with Crippen LogP contribution in [0.3, 0.4) is 0 Å². The van der Waals surface area contributed by atoms with E-state index < -0.39 is 0 Å². The maximum absolute atomic E-state index is 5.72. The minimum atomic E-state index is 0.535. The standard InChI is InChI=1S/C14H20O/c1-2-15-12-7-10-6-11(12)14-9-4-3-8(5-9)13(10)14/h2,8-14H,1,3-7H2. The highest BCUT2D eigenvalue weighted by atomic mass is 16.5. The molecule has 0 aliphatic heterocycles. The highest BCUT2D eigenvalue weighted by Crippen LogP contribution is 2.67. The molecule has 4 rings (SSSR count). The number of ether oxygens (including phenoxy) is 1. The van der Waals surface area contributed by atoms with Gasteiger partial charge in [0.05, 0.1) is 6.26 Å². The van der Waals surface area contributed by atoms with E-state index in [0.717, 1.165) is 35.5 Å². The van der Waals surface area contributed by atoms with E-state index in [1.54, 1.807) is 19.1 Å². The summed E-state index contributed by atoms with van der Waals surface area (Å²) >= 11 is 0. The number of rotatable bonds is 2. The van der Waals surface area contributed by atoms with E-state index in [1.807, 2.05) is 0 Å². The summed E-state index contributed by atoms with van der Waals surface area (Å²) in [4.78, 5) is 0. The van der Waals surface area contributed by atoms with Crippen LogP contribution < -0.4 is 0 Å². The molecule has 0 aromatic rings. The molecular formula is C14H20O. The summed E-state index contributed by atoms with van der Waals surface area (Å²) in [5.74, 6) is 6.25. The molecule has 0 saturated heterocycles. The van der Waals surface area contributed by atoms with Gasteiger partial charge in [0.2, 0.25) is 0 Å². The van der Waals surface area contributed by atoms with Crippen molar-refractivity contribution in [3.05, 3.63) is 12.8 Å². The molecule has 0 aromatic carbocycles. The van der Waals surface area contributed by atoms with E-state index in [9.17, 15) is 0 Å².